The van der Waals surface area contributed by atoms with Gasteiger partial charge in [0, 0.05) is 18.3 Å². The van der Waals surface area contributed by atoms with Crippen LogP contribution in [0.4, 0.5) is 0 Å². The van der Waals surface area contributed by atoms with Crippen molar-refractivity contribution >= 4 is 0 Å². The van der Waals surface area contributed by atoms with Crippen LogP contribution in [0.1, 0.15) is 35.2 Å². The molecule has 0 radical (unpaired) electrons. The molecule has 0 saturated carbocycles. The average Bonchev–Trinajstić information content (AvgIpc) is 2.84. The summed E-state index contributed by atoms with van der Waals surface area (Å²) in [5.41, 5.74) is 9.08. The second kappa shape index (κ2) is 9.75. The number of nitrogens with two attached hydrogens (primary N) is 1. The molecule has 0 aliphatic carbocycles. The monoisotopic (exact) mass is 457 g/mol. The Morgan fingerprint density at radius 1 is 1.15 bits per heavy atom. The first-order chi connectivity index (χ1) is 16.5. The van der Waals surface area contributed by atoms with Gasteiger partial charge < -0.3 is 24.5 Å². The predicted molar refractivity (Wildman–Crippen MR) is 129 cm³/mol. The molecule has 2 N–H and O–H groups in total. The van der Waals surface area contributed by atoms with Gasteiger partial charge in [-0.1, -0.05) is 36.4 Å². The van der Waals surface area contributed by atoms with Crippen LogP contribution in [0.3, 0.4) is 0 Å². The summed E-state index contributed by atoms with van der Waals surface area (Å²) in [6.07, 6.45) is 0.700. The Labute approximate surface area is 198 Å². The number of aromatic nitrogens is 1. The number of fused-ring (bicyclic) bond motifs is 1. The van der Waals surface area contributed by atoms with Crippen molar-refractivity contribution in [3.63, 3.8) is 0 Å². The van der Waals surface area contributed by atoms with Crippen molar-refractivity contribution in [2.75, 3.05) is 13.7 Å². The van der Waals surface area contributed by atoms with Gasteiger partial charge in [0.25, 0.3) is 5.56 Å². The molecule has 3 aromatic rings. The van der Waals surface area contributed by atoms with Crippen LogP contribution in [0.2, 0.25) is 0 Å². The number of hydrogen-bond acceptors (Lipinski definition) is 6. The van der Waals surface area contributed by atoms with Crippen molar-refractivity contribution in [1.82, 2.24) is 4.57 Å². The summed E-state index contributed by atoms with van der Waals surface area (Å²) in [6, 6.07) is 19.3. The van der Waals surface area contributed by atoms with Crippen LogP contribution < -0.4 is 25.5 Å². The maximum atomic E-state index is 13.8. The molecule has 0 bridgehead atoms. The summed E-state index contributed by atoms with van der Waals surface area (Å²) in [6.45, 7) is 4.74. The maximum absolute atomic E-state index is 13.8. The molecule has 4 rings (SSSR count). The van der Waals surface area contributed by atoms with E-state index in [1.165, 1.54) is 0 Å². The number of rotatable bonds is 7. The van der Waals surface area contributed by atoms with Crippen LogP contribution in [0.15, 0.2) is 70.8 Å². The lowest BCUT2D eigenvalue weighted by atomic mass is 9.84. The van der Waals surface area contributed by atoms with E-state index in [1.54, 1.807) is 23.8 Å². The summed E-state index contributed by atoms with van der Waals surface area (Å²) in [5, 5.41) is 9.92. The summed E-state index contributed by atoms with van der Waals surface area (Å²) in [4.78, 5) is 13.8. The van der Waals surface area contributed by atoms with Crippen molar-refractivity contribution in [3.8, 4) is 23.3 Å². The molecule has 2 heterocycles. The first-order valence-electron chi connectivity index (χ1n) is 11.1. The average molecular weight is 458 g/mol. The van der Waals surface area contributed by atoms with E-state index in [-0.39, 0.29) is 17.0 Å². The highest BCUT2D eigenvalue weighted by atomic mass is 16.5. The zero-order valence-corrected chi connectivity index (χ0v) is 19.5. The number of allylic oxidation sites excluding steroid dienone is 1. The Morgan fingerprint density at radius 3 is 2.59 bits per heavy atom. The summed E-state index contributed by atoms with van der Waals surface area (Å²) < 4.78 is 18.6. The Bertz CT molecular complexity index is 1340. The topological polar surface area (TPSA) is 99.5 Å². The van der Waals surface area contributed by atoms with E-state index in [2.05, 4.69) is 6.07 Å². The number of methoxy groups -OCH3 is 1. The highest BCUT2D eigenvalue weighted by Gasteiger charge is 2.34. The largest absolute Gasteiger partial charge is 0.493 e. The molecule has 7 nitrogen and oxygen atoms in total. The molecule has 34 heavy (non-hydrogen) atoms. The number of nitrogens with zero attached hydrogens (tertiary/aromatic N) is 2. The van der Waals surface area contributed by atoms with Gasteiger partial charge in [0.15, 0.2) is 11.5 Å². The van der Waals surface area contributed by atoms with E-state index in [0.29, 0.717) is 47.9 Å². The van der Waals surface area contributed by atoms with Gasteiger partial charge in [-0.05, 0) is 43.5 Å². The molecule has 0 amide bonds. The fourth-order valence-corrected chi connectivity index (χ4v) is 4.32. The molecule has 1 aliphatic rings. The van der Waals surface area contributed by atoms with Gasteiger partial charge in [-0.2, -0.15) is 5.26 Å². The molecule has 0 fully saturated rings. The van der Waals surface area contributed by atoms with Gasteiger partial charge >= 0.3 is 0 Å². The van der Waals surface area contributed by atoms with Gasteiger partial charge in [0.1, 0.15) is 17.4 Å². The molecule has 1 atom stereocenters. The summed E-state index contributed by atoms with van der Waals surface area (Å²) in [5.74, 6) is 0.774. The lowest BCUT2D eigenvalue weighted by Gasteiger charge is -2.27. The minimum absolute atomic E-state index is 0.00585. The standard InChI is InChI=1S/C27H27N3O4/c1-4-33-21-11-10-19(15-22(21)32-3)24-20(16-28)26(29)34-23-14-17(2)30(27(31)25(23)24)13-12-18-8-6-5-7-9-18/h5-11,14-15,24H,4,12-13,29H2,1-3H3/t24-/m1/s1. The van der Waals surface area contributed by atoms with Crippen molar-refractivity contribution in [3.05, 3.63) is 98.8 Å². The predicted octanol–water partition coefficient (Wildman–Crippen LogP) is 4.02. The molecule has 0 spiro atoms. The van der Waals surface area contributed by atoms with Crippen LogP contribution >= 0.6 is 0 Å². The Balaban J connectivity index is 1.84. The number of hydrogen-bond donors (Lipinski definition) is 1. The molecule has 174 valence electrons. The zero-order chi connectivity index (χ0) is 24.2. The third-order valence-electron chi connectivity index (χ3n) is 5.98. The van der Waals surface area contributed by atoms with Crippen LogP contribution in [0.25, 0.3) is 0 Å². The summed E-state index contributed by atoms with van der Waals surface area (Å²) >= 11 is 0. The number of nitriles is 1. The quantitative estimate of drug-likeness (QED) is 0.575. The highest BCUT2D eigenvalue weighted by Crippen LogP contribution is 2.42. The van der Waals surface area contributed by atoms with E-state index in [9.17, 15) is 10.1 Å². The first-order valence-corrected chi connectivity index (χ1v) is 11.1. The van der Waals surface area contributed by atoms with Crippen molar-refractivity contribution < 1.29 is 14.2 Å². The highest BCUT2D eigenvalue weighted by molar-refractivity contribution is 5.57. The van der Waals surface area contributed by atoms with Gasteiger partial charge in [0.05, 0.1) is 25.2 Å². The molecule has 1 aromatic heterocycles. The number of aryl methyl sites for hydroxylation is 2. The van der Waals surface area contributed by atoms with E-state index >= 15 is 0 Å². The van der Waals surface area contributed by atoms with E-state index in [0.717, 1.165) is 11.3 Å². The Morgan fingerprint density at radius 2 is 1.91 bits per heavy atom. The number of ether oxygens (including phenoxy) is 3. The van der Waals surface area contributed by atoms with Gasteiger partial charge in [-0.25, -0.2) is 0 Å². The van der Waals surface area contributed by atoms with Crippen LogP contribution in [-0.4, -0.2) is 18.3 Å². The summed E-state index contributed by atoms with van der Waals surface area (Å²) in [7, 11) is 1.55. The van der Waals surface area contributed by atoms with Crippen molar-refractivity contribution in [1.29, 1.82) is 5.26 Å². The third-order valence-corrected chi connectivity index (χ3v) is 5.98. The maximum Gasteiger partial charge on any atom is 0.258 e. The molecule has 2 aromatic carbocycles. The van der Waals surface area contributed by atoms with Gasteiger partial charge in [-0.3, -0.25) is 4.79 Å². The fraction of sp³-hybridized carbons (Fsp3) is 0.259. The molecule has 0 saturated heterocycles. The molecule has 0 unspecified atom stereocenters. The minimum atomic E-state index is -0.686. The molecular formula is C27H27N3O4. The van der Waals surface area contributed by atoms with Crippen LogP contribution in [0.5, 0.6) is 17.2 Å². The zero-order valence-electron chi connectivity index (χ0n) is 19.5. The van der Waals surface area contributed by atoms with E-state index < -0.39 is 5.92 Å². The Kier molecular flexibility index (Phi) is 6.60. The van der Waals surface area contributed by atoms with Crippen LogP contribution in [-0.2, 0) is 13.0 Å². The number of benzene rings is 2. The van der Waals surface area contributed by atoms with Gasteiger partial charge in [0.2, 0.25) is 5.88 Å². The minimum Gasteiger partial charge on any atom is -0.493 e. The van der Waals surface area contributed by atoms with Crippen LogP contribution in [0, 0.1) is 18.3 Å². The second-order valence-corrected chi connectivity index (χ2v) is 8.02. The molecule has 1 aliphatic heterocycles. The van der Waals surface area contributed by atoms with E-state index in [4.69, 9.17) is 19.9 Å². The van der Waals surface area contributed by atoms with E-state index in [1.807, 2.05) is 56.3 Å². The number of pyridine rings is 1. The fourth-order valence-electron chi connectivity index (χ4n) is 4.32. The first kappa shape index (κ1) is 23.0. The van der Waals surface area contributed by atoms with Crippen molar-refractivity contribution in [2.45, 2.75) is 32.7 Å². The second-order valence-electron chi connectivity index (χ2n) is 8.02. The molecular weight excluding hydrogens is 430 g/mol. The molecule has 7 heteroatoms. The Hall–Kier alpha value is -4.18. The SMILES string of the molecule is CCOc1ccc([C@@H]2C(C#N)=C(N)Oc3cc(C)n(CCc4ccccc4)c(=O)c32)cc1OC. The van der Waals surface area contributed by atoms with Crippen molar-refractivity contribution in [2.24, 2.45) is 5.73 Å². The van der Waals surface area contributed by atoms with Gasteiger partial charge in [-0.15, -0.1) is 0 Å². The lowest BCUT2D eigenvalue weighted by molar-refractivity contribution is 0.310. The lowest BCUT2D eigenvalue weighted by Crippen LogP contribution is -2.33. The third kappa shape index (κ3) is 4.23. The normalized spacial score (nSPS) is 14.7. The smallest absolute Gasteiger partial charge is 0.258 e.